The largest absolute Gasteiger partial charge is 0.478 e. The van der Waals surface area contributed by atoms with E-state index in [0.717, 1.165) is 10.9 Å². The molecule has 0 bridgehead atoms. The molecule has 12 nitrogen and oxygen atoms in total. The van der Waals surface area contributed by atoms with Gasteiger partial charge in [0, 0.05) is 0 Å². The van der Waals surface area contributed by atoms with Crippen molar-refractivity contribution in [3.05, 3.63) is 16.7 Å². The van der Waals surface area contributed by atoms with E-state index in [-0.39, 0.29) is 11.2 Å². The quantitative estimate of drug-likeness (QED) is 0.378. The van der Waals surface area contributed by atoms with E-state index < -0.39 is 42.2 Å². The number of nitrogens with zero attached hydrogens (tertiary/aromatic N) is 4. The van der Waals surface area contributed by atoms with E-state index in [4.69, 9.17) is 9.84 Å². The zero-order valence-electron chi connectivity index (χ0n) is 10.8. The van der Waals surface area contributed by atoms with Crippen molar-refractivity contribution in [3.8, 4) is 0 Å². The summed E-state index contributed by atoms with van der Waals surface area (Å²) in [4.78, 5) is 27.0. The fraction of sp³-hybridized carbons (Fsp3) is 0.500. The van der Waals surface area contributed by atoms with Gasteiger partial charge >= 0.3 is 5.97 Å². The summed E-state index contributed by atoms with van der Waals surface area (Å²) in [5.41, 5.74) is -3.68. The number of hydrogen-bond acceptors (Lipinski definition) is 9. The first kappa shape index (κ1) is 14.5. The normalized spacial score (nSPS) is 31.7. The van der Waals surface area contributed by atoms with Crippen molar-refractivity contribution in [1.29, 1.82) is 0 Å². The Morgan fingerprint density at radius 2 is 2.23 bits per heavy atom. The summed E-state index contributed by atoms with van der Waals surface area (Å²) in [5, 5.41) is 47.5. The molecule has 1 aliphatic rings. The molecule has 0 radical (unpaired) electrons. The van der Waals surface area contributed by atoms with Crippen LogP contribution >= 0.6 is 0 Å². The molecule has 0 spiro atoms. The summed E-state index contributed by atoms with van der Waals surface area (Å²) in [6.45, 7) is -0.716. The van der Waals surface area contributed by atoms with Crippen LogP contribution in [0.3, 0.4) is 0 Å². The molecule has 0 saturated carbocycles. The zero-order chi connectivity index (χ0) is 16.1. The second-order valence-corrected chi connectivity index (χ2v) is 4.70. The van der Waals surface area contributed by atoms with Gasteiger partial charge in [0.2, 0.25) is 0 Å². The van der Waals surface area contributed by atoms with Gasteiger partial charge in [0.1, 0.15) is 24.6 Å². The second-order valence-electron chi connectivity index (χ2n) is 4.70. The molecule has 1 aliphatic heterocycles. The van der Waals surface area contributed by atoms with Gasteiger partial charge in [-0.3, -0.25) is 9.36 Å². The molecule has 2 aromatic rings. The van der Waals surface area contributed by atoms with Gasteiger partial charge in [-0.25, -0.2) is 14.9 Å². The fourth-order valence-corrected chi connectivity index (χ4v) is 2.44. The van der Waals surface area contributed by atoms with Gasteiger partial charge in [-0.2, -0.15) is 0 Å². The molecule has 22 heavy (non-hydrogen) atoms. The Morgan fingerprint density at radius 3 is 2.82 bits per heavy atom. The highest BCUT2D eigenvalue weighted by Crippen LogP contribution is 2.37. The van der Waals surface area contributed by atoms with Crippen LogP contribution in [0.4, 0.5) is 0 Å². The maximum Gasteiger partial charge on any atom is 0.361 e. The van der Waals surface area contributed by atoms with Crippen LogP contribution in [0.25, 0.3) is 11.2 Å². The van der Waals surface area contributed by atoms with Crippen molar-refractivity contribution in [2.75, 3.05) is 6.61 Å². The molecule has 5 N–H and O–H groups in total. The SMILES string of the molecule is O=C(O)[C@@]1(n2cnc3c(=O)[nH]nnc32)O[C@H](CO)[C@@H](O)[C@H]1O. The average molecular weight is 313 g/mol. The van der Waals surface area contributed by atoms with Crippen LogP contribution in [0.2, 0.25) is 0 Å². The number of imidazole rings is 1. The smallest absolute Gasteiger partial charge is 0.361 e. The maximum absolute atomic E-state index is 11.7. The molecule has 0 aliphatic carbocycles. The summed E-state index contributed by atoms with van der Waals surface area (Å²) >= 11 is 0. The number of carboxylic acid groups (broad SMARTS) is 1. The first-order chi connectivity index (χ1) is 10.4. The molecule has 1 fully saturated rings. The number of rotatable bonds is 3. The highest BCUT2D eigenvalue weighted by molar-refractivity contribution is 5.80. The highest BCUT2D eigenvalue weighted by atomic mass is 16.6. The summed E-state index contributed by atoms with van der Waals surface area (Å²) in [7, 11) is 0. The summed E-state index contributed by atoms with van der Waals surface area (Å²) in [6, 6.07) is 0. The highest BCUT2D eigenvalue weighted by Gasteiger charge is 2.61. The van der Waals surface area contributed by atoms with Crippen molar-refractivity contribution in [2.45, 2.75) is 24.0 Å². The minimum atomic E-state index is -2.50. The van der Waals surface area contributed by atoms with Gasteiger partial charge in [0.05, 0.1) is 6.61 Å². The predicted octanol–water partition coefficient (Wildman–Crippen LogP) is -3.64. The fourth-order valence-electron chi connectivity index (χ4n) is 2.44. The third-order valence-corrected chi connectivity index (χ3v) is 3.53. The van der Waals surface area contributed by atoms with E-state index in [1.165, 1.54) is 0 Å². The van der Waals surface area contributed by atoms with Crippen molar-refractivity contribution < 1.29 is 30.0 Å². The monoisotopic (exact) mass is 313 g/mol. The van der Waals surface area contributed by atoms with Crippen LogP contribution in [0, 0.1) is 0 Å². The second kappa shape index (κ2) is 4.81. The molecule has 2 aromatic heterocycles. The summed E-state index contributed by atoms with van der Waals surface area (Å²) < 4.78 is 5.96. The van der Waals surface area contributed by atoms with Gasteiger partial charge in [0.25, 0.3) is 11.3 Å². The molecule has 1 saturated heterocycles. The van der Waals surface area contributed by atoms with E-state index in [0.29, 0.717) is 0 Å². The van der Waals surface area contributed by atoms with Gasteiger partial charge < -0.3 is 25.2 Å². The lowest BCUT2D eigenvalue weighted by Crippen LogP contribution is -2.51. The number of ether oxygens (including phenoxy) is 1. The van der Waals surface area contributed by atoms with Crippen molar-refractivity contribution >= 4 is 17.1 Å². The van der Waals surface area contributed by atoms with Crippen LogP contribution < -0.4 is 5.56 Å². The Kier molecular flexibility index (Phi) is 3.17. The number of carbonyl (C=O) groups is 1. The molecule has 3 rings (SSSR count). The minimum Gasteiger partial charge on any atom is -0.478 e. The molecule has 4 atom stereocenters. The molecule has 0 unspecified atom stereocenters. The number of aliphatic hydroxyl groups excluding tert-OH is 3. The first-order valence-corrected chi connectivity index (χ1v) is 6.10. The molecule has 0 amide bonds. The average Bonchev–Trinajstić information content (AvgIpc) is 3.02. The number of aliphatic carboxylic acids is 1. The van der Waals surface area contributed by atoms with Gasteiger partial charge in [-0.1, -0.05) is 5.21 Å². The number of carboxylic acids is 1. The number of H-pyrrole nitrogens is 1. The van der Waals surface area contributed by atoms with Gasteiger partial charge in [0.15, 0.2) is 11.2 Å². The van der Waals surface area contributed by atoms with E-state index in [1.54, 1.807) is 0 Å². The predicted molar refractivity (Wildman–Crippen MR) is 65.5 cm³/mol. The van der Waals surface area contributed by atoms with Crippen LogP contribution in [-0.2, 0) is 15.3 Å². The van der Waals surface area contributed by atoms with Crippen molar-refractivity contribution in [3.63, 3.8) is 0 Å². The van der Waals surface area contributed by atoms with E-state index in [9.17, 15) is 24.9 Å². The lowest BCUT2D eigenvalue weighted by molar-refractivity contribution is -0.194. The van der Waals surface area contributed by atoms with Gasteiger partial charge in [-0.05, 0) is 0 Å². The first-order valence-electron chi connectivity index (χ1n) is 6.10. The molecular formula is C10H11N5O7. The Hall–Kier alpha value is -2.41. The maximum atomic E-state index is 11.7. The van der Waals surface area contributed by atoms with Crippen LogP contribution in [0.1, 0.15) is 0 Å². The van der Waals surface area contributed by atoms with Crippen LogP contribution in [-0.4, -0.2) is 76.3 Å². The number of nitrogens with one attached hydrogen (secondary N) is 1. The van der Waals surface area contributed by atoms with Crippen molar-refractivity contribution in [2.24, 2.45) is 0 Å². The number of hydrogen-bond donors (Lipinski definition) is 5. The molecular weight excluding hydrogens is 302 g/mol. The molecule has 3 heterocycles. The Labute approximate surface area is 120 Å². The minimum absolute atomic E-state index is 0.214. The summed E-state index contributed by atoms with van der Waals surface area (Å²) in [5.74, 6) is -1.66. The lowest BCUT2D eigenvalue weighted by Gasteiger charge is -2.28. The Morgan fingerprint density at radius 1 is 1.50 bits per heavy atom. The third-order valence-electron chi connectivity index (χ3n) is 3.53. The van der Waals surface area contributed by atoms with Crippen molar-refractivity contribution in [1.82, 2.24) is 25.0 Å². The lowest BCUT2D eigenvalue weighted by atomic mass is 10.0. The number of aromatic nitrogens is 5. The number of aromatic amines is 1. The third kappa shape index (κ3) is 1.69. The van der Waals surface area contributed by atoms with Crippen LogP contribution in [0.5, 0.6) is 0 Å². The Bertz CT molecular complexity index is 787. The zero-order valence-corrected chi connectivity index (χ0v) is 10.8. The van der Waals surface area contributed by atoms with Gasteiger partial charge in [-0.15, -0.1) is 5.10 Å². The Balaban J connectivity index is 2.26. The number of aliphatic hydroxyl groups is 3. The molecule has 12 heteroatoms. The van der Waals surface area contributed by atoms with E-state index in [1.807, 2.05) is 5.10 Å². The topological polar surface area (TPSA) is 184 Å². The van der Waals surface area contributed by atoms with Crippen LogP contribution in [0.15, 0.2) is 11.1 Å². The molecule has 0 aromatic carbocycles. The number of fused-ring (bicyclic) bond motifs is 1. The summed E-state index contributed by atoms with van der Waals surface area (Å²) in [6.07, 6.45) is -3.99. The molecule has 118 valence electrons. The van der Waals surface area contributed by atoms with E-state index in [2.05, 4.69) is 15.3 Å². The standard InChI is InChI=1S/C10H11N5O7/c16-1-3-5(17)6(18)10(22-3,9(20)21)15-2-11-4-7(15)12-14-13-8(4)19/h2-3,5-6,16-18H,1H2,(H,20,21)(H,12,13,19)/t3-,5-,6-,10+/m1/s1. The van der Waals surface area contributed by atoms with E-state index >= 15 is 0 Å².